The molecule has 1 atom stereocenters. The van der Waals surface area contributed by atoms with E-state index in [-0.39, 0.29) is 5.92 Å². The Morgan fingerprint density at radius 2 is 0.625 bits per heavy atom. The monoisotopic (exact) mass is 1120 g/mol. The Kier molecular flexibility index (Phi) is 10.6. The van der Waals surface area contributed by atoms with E-state index in [0.29, 0.717) is 0 Å². The van der Waals surface area contributed by atoms with Crippen LogP contribution in [-0.4, -0.2) is 0 Å². The van der Waals surface area contributed by atoms with E-state index in [1.54, 1.807) is 0 Å². The van der Waals surface area contributed by atoms with E-state index in [9.17, 15) is 0 Å². The highest BCUT2D eigenvalue weighted by Crippen LogP contribution is 2.49. The number of benzene rings is 16. The summed E-state index contributed by atoms with van der Waals surface area (Å²) in [6.07, 6.45) is 5.86. The lowest BCUT2D eigenvalue weighted by Crippen LogP contribution is -2.27. The van der Waals surface area contributed by atoms with E-state index in [1.165, 1.54) is 130 Å². The third-order valence-corrected chi connectivity index (χ3v) is 19.3. The van der Waals surface area contributed by atoms with E-state index in [0.717, 1.165) is 67.0 Å². The highest BCUT2D eigenvalue weighted by Gasteiger charge is 2.24. The maximum atomic E-state index is 6.78. The fourth-order valence-electron chi connectivity index (χ4n) is 15.1. The normalized spacial score (nSPS) is 13.5. The zero-order valence-corrected chi connectivity index (χ0v) is 47.9. The molecule has 0 saturated heterocycles. The standard InChI is InChI=1S/C86H52O2/c1-3-16-53-40-64(30-28-51(53)14-1)85-71-26-11-9-24-69(71)83(63-23-13-22-55(42-63)62-32-36-67-75-43-56-18-5-7-20-58(56)47-81(75)87-79(67)49-62)73-38-33-60(45-77(73)85)61-34-39-74-78(46-61)86(65-31-29-52-15-2-4-17-54(52)41-65)72-27-12-10-25-70(72)84(74)66-35-37-68-76-44-57-19-6-8-21-59(57)48-82(76)88-80(68)50-66/h1-30,32-50,65H,31H2. The molecule has 1 aliphatic carbocycles. The molecule has 0 radical (unpaired) electrons. The SMILES string of the molecule is C1=c2ccccc2=CC(c2c3ccccc3c(-c3ccc4c(c3)oc3cc5ccccc5cc34)c3ccc(-c4ccc5c(-c6cccc(-c7ccc8c(c7)oc7cc9ccccc9cc78)c6)c6ccccc6c(-c6ccc7ccccc7c6)c5c4)cc23)C1. The first kappa shape index (κ1) is 49.0. The number of fused-ring (bicyclic) bond motifs is 14. The van der Waals surface area contributed by atoms with Gasteiger partial charge in [0, 0.05) is 27.5 Å². The minimum absolute atomic E-state index is 0.153. The first-order valence-corrected chi connectivity index (χ1v) is 30.6. The maximum Gasteiger partial charge on any atom is 0.136 e. The molecule has 2 heterocycles. The van der Waals surface area contributed by atoms with Crippen LogP contribution in [-0.2, 0) is 0 Å². The van der Waals surface area contributed by atoms with Gasteiger partial charge in [0.05, 0.1) is 0 Å². The molecule has 2 heteroatoms. The molecule has 1 aliphatic rings. The quantitative estimate of drug-likeness (QED) is 0.155. The number of hydrogen-bond acceptors (Lipinski definition) is 2. The Balaban J connectivity index is 0.828. The number of hydrogen-bond donors (Lipinski definition) is 0. The van der Waals surface area contributed by atoms with Crippen molar-refractivity contribution in [1.82, 2.24) is 0 Å². The molecular weight excluding hydrogens is 1060 g/mol. The lowest BCUT2D eigenvalue weighted by molar-refractivity contribution is 0.669. The lowest BCUT2D eigenvalue weighted by Gasteiger charge is -2.23. The molecule has 408 valence electrons. The second kappa shape index (κ2) is 19.1. The fraction of sp³-hybridized carbons (Fsp3) is 0.0233. The van der Waals surface area contributed by atoms with Crippen LogP contribution in [0.5, 0.6) is 0 Å². The summed E-state index contributed by atoms with van der Waals surface area (Å²) in [5.41, 5.74) is 16.7. The summed E-state index contributed by atoms with van der Waals surface area (Å²) >= 11 is 0. The molecule has 18 aromatic rings. The van der Waals surface area contributed by atoms with Crippen LogP contribution in [0.2, 0.25) is 0 Å². The van der Waals surface area contributed by atoms with E-state index in [2.05, 4.69) is 297 Å². The first-order valence-electron chi connectivity index (χ1n) is 30.6. The summed E-state index contributed by atoms with van der Waals surface area (Å²) < 4.78 is 13.4. The molecule has 0 bridgehead atoms. The molecule has 2 aromatic heterocycles. The van der Waals surface area contributed by atoms with Crippen LogP contribution in [0, 0.1) is 0 Å². The van der Waals surface area contributed by atoms with E-state index >= 15 is 0 Å². The second-order valence-corrected chi connectivity index (χ2v) is 24.2. The van der Waals surface area contributed by atoms with Crippen molar-refractivity contribution in [1.29, 1.82) is 0 Å². The summed E-state index contributed by atoms with van der Waals surface area (Å²) in [7, 11) is 0. The molecule has 0 fully saturated rings. The number of rotatable bonds is 6. The van der Waals surface area contributed by atoms with Crippen LogP contribution in [0.4, 0.5) is 0 Å². The zero-order chi connectivity index (χ0) is 57.6. The van der Waals surface area contributed by atoms with Crippen LogP contribution in [0.25, 0.3) is 187 Å². The molecule has 1 unspecified atom stereocenters. The van der Waals surface area contributed by atoms with Gasteiger partial charge in [-0.15, -0.1) is 0 Å². The average molecular weight is 1120 g/mol. The molecule has 2 nitrogen and oxygen atoms in total. The predicted molar refractivity (Wildman–Crippen MR) is 373 cm³/mol. The van der Waals surface area contributed by atoms with E-state index < -0.39 is 0 Å². The molecule has 0 N–H and O–H groups in total. The van der Waals surface area contributed by atoms with Gasteiger partial charge >= 0.3 is 0 Å². The van der Waals surface area contributed by atoms with Gasteiger partial charge < -0.3 is 8.83 Å². The van der Waals surface area contributed by atoms with Gasteiger partial charge in [-0.1, -0.05) is 224 Å². The van der Waals surface area contributed by atoms with E-state index in [1.807, 2.05) is 0 Å². The van der Waals surface area contributed by atoms with Crippen molar-refractivity contribution in [3.63, 3.8) is 0 Å². The molecule has 16 aromatic carbocycles. The van der Waals surface area contributed by atoms with E-state index in [4.69, 9.17) is 8.83 Å². The summed E-state index contributed by atoms with van der Waals surface area (Å²) in [6.45, 7) is 0. The molecule has 0 spiro atoms. The predicted octanol–water partition coefficient (Wildman–Crippen LogP) is 22.6. The Morgan fingerprint density at radius 1 is 0.227 bits per heavy atom. The number of furan rings is 2. The van der Waals surface area contributed by atoms with Gasteiger partial charge in [0.1, 0.15) is 22.3 Å². The largest absolute Gasteiger partial charge is 0.456 e. The fourth-order valence-corrected chi connectivity index (χ4v) is 15.1. The first-order chi connectivity index (χ1) is 43.6. The Hall–Kier alpha value is -11.3. The van der Waals surface area contributed by atoms with Crippen molar-refractivity contribution in [2.24, 2.45) is 0 Å². The smallest absolute Gasteiger partial charge is 0.136 e. The van der Waals surface area contributed by atoms with Crippen molar-refractivity contribution < 1.29 is 8.83 Å². The second-order valence-electron chi connectivity index (χ2n) is 24.2. The average Bonchev–Trinajstić information content (AvgIpc) is 0.975. The van der Waals surface area contributed by atoms with Gasteiger partial charge in [-0.3, -0.25) is 0 Å². The Morgan fingerprint density at radius 3 is 1.27 bits per heavy atom. The van der Waals surface area contributed by atoms with Crippen molar-refractivity contribution in [3.8, 4) is 55.6 Å². The summed E-state index contributed by atoms with van der Waals surface area (Å²) in [6, 6.07) is 106. The minimum atomic E-state index is 0.153. The van der Waals surface area contributed by atoms with Gasteiger partial charge in [-0.05, 0) is 226 Å². The molecule has 19 rings (SSSR count). The van der Waals surface area contributed by atoms with Crippen LogP contribution < -0.4 is 10.4 Å². The van der Waals surface area contributed by atoms with Crippen LogP contribution in [0.3, 0.4) is 0 Å². The molecule has 0 amide bonds. The lowest BCUT2D eigenvalue weighted by atomic mass is 9.80. The van der Waals surface area contributed by atoms with Gasteiger partial charge in [-0.2, -0.15) is 0 Å². The summed E-state index contributed by atoms with van der Waals surface area (Å²) in [5.74, 6) is 0.153. The zero-order valence-electron chi connectivity index (χ0n) is 47.9. The van der Waals surface area contributed by atoms with Crippen LogP contribution in [0.1, 0.15) is 17.9 Å². The maximum absolute atomic E-state index is 6.78. The summed E-state index contributed by atoms with van der Waals surface area (Å²) in [5, 5.41) is 24.2. The van der Waals surface area contributed by atoms with Gasteiger partial charge in [0.2, 0.25) is 0 Å². The van der Waals surface area contributed by atoms with Crippen LogP contribution in [0.15, 0.2) is 294 Å². The van der Waals surface area contributed by atoms with Gasteiger partial charge in [-0.25, -0.2) is 0 Å². The Labute approximate surface area is 506 Å². The van der Waals surface area contributed by atoms with Gasteiger partial charge in [0.25, 0.3) is 0 Å². The third kappa shape index (κ3) is 7.62. The molecule has 0 aliphatic heterocycles. The van der Waals surface area contributed by atoms with Crippen molar-refractivity contribution in [3.05, 3.63) is 301 Å². The van der Waals surface area contributed by atoms with Crippen molar-refractivity contribution in [2.45, 2.75) is 12.3 Å². The van der Waals surface area contributed by atoms with Crippen LogP contribution >= 0.6 is 0 Å². The molecule has 88 heavy (non-hydrogen) atoms. The van der Waals surface area contributed by atoms with Crippen molar-refractivity contribution in [2.75, 3.05) is 0 Å². The van der Waals surface area contributed by atoms with Crippen molar-refractivity contribution >= 4 is 131 Å². The molecular formula is C86H52O2. The highest BCUT2D eigenvalue weighted by atomic mass is 16.3. The highest BCUT2D eigenvalue weighted by molar-refractivity contribution is 6.23. The third-order valence-electron chi connectivity index (χ3n) is 19.3. The molecule has 0 saturated carbocycles. The summed E-state index contributed by atoms with van der Waals surface area (Å²) in [4.78, 5) is 0. The minimum Gasteiger partial charge on any atom is -0.456 e. The van der Waals surface area contributed by atoms with Gasteiger partial charge in [0.15, 0.2) is 0 Å². The topological polar surface area (TPSA) is 26.3 Å². The Bertz CT molecular complexity index is 6170.